The van der Waals surface area contributed by atoms with Gasteiger partial charge in [-0.05, 0) is 30.2 Å². The molecule has 3 heterocycles. The molecule has 3 rings (SSSR count). The average molecular weight is 356 g/mol. The highest BCUT2D eigenvalue weighted by Crippen LogP contribution is 2.14. The van der Waals surface area contributed by atoms with Crippen molar-refractivity contribution >= 4 is 17.5 Å². The van der Waals surface area contributed by atoms with E-state index in [1.165, 1.54) is 6.26 Å². The predicted molar refractivity (Wildman–Crippen MR) is 98.1 cm³/mol. The average Bonchev–Trinajstić information content (AvgIpc) is 3.20. The number of pyridine rings is 1. The number of nitrogens with zero attached hydrogens (tertiary/aromatic N) is 3. The molecule has 7 nitrogen and oxygen atoms in total. The third kappa shape index (κ3) is 4.22. The van der Waals surface area contributed by atoms with Crippen LogP contribution in [0.2, 0.25) is 0 Å². The molecular formula is C19H24N4O3. The van der Waals surface area contributed by atoms with Gasteiger partial charge < -0.3 is 19.5 Å². The number of furan rings is 1. The molecule has 26 heavy (non-hydrogen) atoms. The van der Waals surface area contributed by atoms with Gasteiger partial charge in [0.25, 0.3) is 11.8 Å². The molecule has 1 aliphatic rings. The molecule has 1 N–H and O–H groups in total. The molecule has 0 saturated carbocycles. The molecule has 0 aromatic carbocycles. The van der Waals surface area contributed by atoms with Gasteiger partial charge in [-0.25, -0.2) is 0 Å². The zero-order valence-corrected chi connectivity index (χ0v) is 15.1. The number of hydrogen-bond acceptors (Lipinski definition) is 5. The van der Waals surface area contributed by atoms with Crippen LogP contribution in [-0.2, 0) is 0 Å². The van der Waals surface area contributed by atoms with Crippen LogP contribution in [0.4, 0.5) is 5.69 Å². The Balaban J connectivity index is 1.58. The first-order chi connectivity index (χ1) is 12.5. The summed E-state index contributed by atoms with van der Waals surface area (Å²) in [5.41, 5.74) is 1.31. The van der Waals surface area contributed by atoms with E-state index in [2.05, 4.69) is 24.1 Å². The van der Waals surface area contributed by atoms with Crippen molar-refractivity contribution < 1.29 is 14.0 Å². The molecule has 2 aromatic heterocycles. The van der Waals surface area contributed by atoms with Crippen LogP contribution < -0.4 is 5.32 Å². The van der Waals surface area contributed by atoms with E-state index in [1.807, 2.05) is 6.07 Å². The second-order valence-corrected chi connectivity index (χ2v) is 6.77. The van der Waals surface area contributed by atoms with Gasteiger partial charge in [0.1, 0.15) is 5.69 Å². The van der Waals surface area contributed by atoms with Gasteiger partial charge >= 0.3 is 0 Å². The van der Waals surface area contributed by atoms with Crippen molar-refractivity contribution in [2.75, 3.05) is 38.0 Å². The van der Waals surface area contributed by atoms with E-state index in [4.69, 9.17) is 4.42 Å². The molecule has 0 bridgehead atoms. The van der Waals surface area contributed by atoms with Crippen LogP contribution >= 0.6 is 0 Å². The number of carbonyl (C=O) groups is 2. The number of amides is 2. The molecule has 1 aliphatic heterocycles. The standard InChI is InChI=1S/C19H24N4O3/c1-14(2)13-21-15-5-6-20-16(12-15)18(24)22-7-9-23(10-8-22)19(25)17-4-3-11-26-17/h3-6,11-12,14H,7-10,13H2,1-2H3,(H,20,21). The van der Waals surface area contributed by atoms with Crippen LogP contribution in [0.5, 0.6) is 0 Å². The van der Waals surface area contributed by atoms with E-state index in [1.54, 1.807) is 34.2 Å². The van der Waals surface area contributed by atoms with E-state index in [9.17, 15) is 9.59 Å². The van der Waals surface area contributed by atoms with Gasteiger partial charge in [-0.1, -0.05) is 13.8 Å². The first-order valence-corrected chi connectivity index (χ1v) is 8.86. The normalized spacial score (nSPS) is 14.6. The summed E-state index contributed by atoms with van der Waals surface area (Å²) < 4.78 is 5.16. The largest absolute Gasteiger partial charge is 0.459 e. The van der Waals surface area contributed by atoms with Crippen LogP contribution in [0.3, 0.4) is 0 Å². The summed E-state index contributed by atoms with van der Waals surface area (Å²) >= 11 is 0. The Morgan fingerprint density at radius 2 is 1.85 bits per heavy atom. The lowest BCUT2D eigenvalue weighted by molar-refractivity contribution is 0.0515. The molecule has 138 valence electrons. The predicted octanol–water partition coefficient (Wildman–Crippen LogP) is 2.34. The summed E-state index contributed by atoms with van der Waals surface area (Å²) in [6.07, 6.45) is 3.13. The first-order valence-electron chi connectivity index (χ1n) is 8.86. The fourth-order valence-electron chi connectivity index (χ4n) is 2.81. The lowest BCUT2D eigenvalue weighted by Gasteiger charge is -2.34. The van der Waals surface area contributed by atoms with E-state index in [0.717, 1.165) is 12.2 Å². The highest BCUT2D eigenvalue weighted by molar-refractivity contribution is 5.94. The fraction of sp³-hybridized carbons (Fsp3) is 0.421. The Bertz CT molecular complexity index is 750. The molecule has 2 amide bonds. The number of anilines is 1. The molecule has 1 saturated heterocycles. The maximum Gasteiger partial charge on any atom is 0.289 e. The lowest BCUT2D eigenvalue weighted by atomic mass is 10.2. The van der Waals surface area contributed by atoms with Gasteiger partial charge in [-0.15, -0.1) is 0 Å². The molecule has 0 aliphatic carbocycles. The summed E-state index contributed by atoms with van der Waals surface area (Å²) in [4.78, 5) is 32.6. The molecule has 0 radical (unpaired) electrons. The third-order valence-corrected chi connectivity index (χ3v) is 4.28. The summed E-state index contributed by atoms with van der Waals surface area (Å²) in [5, 5.41) is 3.31. The Hall–Kier alpha value is -2.83. The molecule has 1 fully saturated rings. The van der Waals surface area contributed by atoms with Crippen LogP contribution in [0.25, 0.3) is 0 Å². The zero-order chi connectivity index (χ0) is 18.5. The summed E-state index contributed by atoms with van der Waals surface area (Å²) in [6, 6.07) is 6.99. The minimum atomic E-state index is -0.139. The van der Waals surface area contributed by atoms with Gasteiger partial charge in [0.15, 0.2) is 5.76 Å². The minimum Gasteiger partial charge on any atom is -0.459 e. The monoisotopic (exact) mass is 356 g/mol. The first kappa shape index (κ1) is 18.0. The molecule has 2 aromatic rings. The summed E-state index contributed by atoms with van der Waals surface area (Å²) in [7, 11) is 0. The van der Waals surface area contributed by atoms with E-state index in [-0.39, 0.29) is 11.8 Å². The maximum atomic E-state index is 12.7. The van der Waals surface area contributed by atoms with Gasteiger partial charge in [0.2, 0.25) is 0 Å². The smallest absolute Gasteiger partial charge is 0.289 e. The van der Waals surface area contributed by atoms with Crippen molar-refractivity contribution in [3.63, 3.8) is 0 Å². The second-order valence-electron chi connectivity index (χ2n) is 6.77. The fourth-order valence-corrected chi connectivity index (χ4v) is 2.81. The Morgan fingerprint density at radius 3 is 2.46 bits per heavy atom. The van der Waals surface area contributed by atoms with Crippen molar-refractivity contribution in [2.45, 2.75) is 13.8 Å². The number of rotatable bonds is 5. The van der Waals surface area contributed by atoms with Crippen molar-refractivity contribution in [3.8, 4) is 0 Å². The zero-order valence-electron chi connectivity index (χ0n) is 15.1. The van der Waals surface area contributed by atoms with Crippen LogP contribution in [0.1, 0.15) is 34.9 Å². The summed E-state index contributed by atoms with van der Waals surface area (Å²) in [6.45, 7) is 7.03. The van der Waals surface area contributed by atoms with Crippen LogP contribution in [-0.4, -0.2) is 59.3 Å². The molecule has 0 spiro atoms. The number of carbonyl (C=O) groups excluding carboxylic acids is 2. The Kier molecular flexibility index (Phi) is 5.55. The van der Waals surface area contributed by atoms with E-state index >= 15 is 0 Å². The molecule has 0 atom stereocenters. The Labute approximate surface area is 153 Å². The van der Waals surface area contributed by atoms with Crippen molar-refractivity contribution in [1.29, 1.82) is 0 Å². The highest BCUT2D eigenvalue weighted by atomic mass is 16.3. The van der Waals surface area contributed by atoms with Crippen LogP contribution in [0.15, 0.2) is 41.1 Å². The van der Waals surface area contributed by atoms with E-state index < -0.39 is 0 Å². The summed E-state index contributed by atoms with van der Waals surface area (Å²) in [5.74, 6) is 0.598. The maximum absolute atomic E-state index is 12.7. The van der Waals surface area contributed by atoms with Crippen LogP contribution in [0, 0.1) is 5.92 Å². The van der Waals surface area contributed by atoms with Crippen molar-refractivity contribution in [3.05, 3.63) is 48.2 Å². The SMILES string of the molecule is CC(C)CNc1ccnc(C(=O)N2CCN(C(=O)c3ccco3)CC2)c1. The topological polar surface area (TPSA) is 78.7 Å². The second kappa shape index (κ2) is 8.03. The number of aromatic nitrogens is 1. The van der Waals surface area contributed by atoms with Gasteiger partial charge in [0, 0.05) is 44.6 Å². The highest BCUT2D eigenvalue weighted by Gasteiger charge is 2.27. The van der Waals surface area contributed by atoms with Crippen molar-refractivity contribution in [1.82, 2.24) is 14.8 Å². The Morgan fingerprint density at radius 1 is 1.15 bits per heavy atom. The van der Waals surface area contributed by atoms with Crippen molar-refractivity contribution in [2.24, 2.45) is 5.92 Å². The lowest BCUT2D eigenvalue weighted by Crippen LogP contribution is -2.50. The van der Waals surface area contributed by atoms with E-state index in [0.29, 0.717) is 43.6 Å². The number of nitrogens with one attached hydrogen (secondary N) is 1. The quantitative estimate of drug-likeness (QED) is 0.890. The van der Waals surface area contributed by atoms with Gasteiger partial charge in [0.05, 0.1) is 6.26 Å². The van der Waals surface area contributed by atoms with Gasteiger partial charge in [-0.3, -0.25) is 14.6 Å². The third-order valence-electron chi connectivity index (χ3n) is 4.28. The molecule has 0 unspecified atom stereocenters. The number of piperazine rings is 1. The molecule has 7 heteroatoms. The number of hydrogen-bond donors (Lipinski definition) is 1. The minimum absolute atomic E-state index is 0.108. The molecular weight excluding hydrogens is 332 g/mol. The van der Waals surface area contributed by atoms with Gasteiger partial charge in [-0.2, -0.15) is 0 Å².